The smallest absolute Gasteiger partial charge is 0.338 e. The van der Waals surface area contributed by atoms with Gasteiger partial charge in [0, 0.05) is 13.1 Å². The molecule has 2 aromatic carbocycles. The number of carbonyl (C=O) groups excluding carboxylic acids is 1. The second kappa shape index (κ2) is 9.75. The molecule has 2 aromatic rings. The molecule has 5 heteroatoms. The van der Waals surface area contributed by atoms with Gasteiger partial charge in [-0.1, -0.05) is 31.7 Å². The van der Waals surface area contributed by atoms with E-state index < -0.39 is 0 Å². The van der Waals surface area contributed by atoms with Gasteiger partial charge >= 0.3 is 5.97 Å². The number of esters is 1. The van der Waals surface area contributed by atoms with Crippen molar-refractivity contribution < 1.29 is 9.53 Å². The number of fused-ring (bicyclic) bond motifs is 1. The van der Waals surface area contributed by atoms with Crippen LogP contribution >= 0.6 is 0 Å². The maximum atomic E-state index is 11.9. The van der Waals surface area contributed by atoms with Crippen LogP contribution in [0, 0.1) is 11.3 Å². The van der Waals surface area contributed by atoms with E-state index >= 15 is 0 Å². The van der Waals surface area contributed by atoms with E-state index in [0.29, 0.717) is 24.3 Å². The van der Waals surface area contributed by atoms with E-state index in [-0.39, 0.29) is 13.4 Å². The lowest BCUT2D eigenvalue weighted by Gasteiger charge is -2.20. The molecule has 0 fully saturated rings. The topological polar surface area (TPSA) is 79.3 Å². The molecule has 2 N–H and O–H groups in total. The largest absolute Gasteiger partial charge is 0.462 e. The van der Waals surface area contributed by atoms with Crippen LogP contribution in [0.4, 0.5) is 5.69 Å². The summed E-state index contributed by atoms with van der Waals surface area (Å²) in [6, 6.07) is 15.4. The lowest BCUT2D eigenvalue weighted by Crippen LogP contribution is -2.24. The van der Waals surface area contributed by atoms with Gasteiger partial charge in [-0.2, -0.15) is 5.26 Å². The van der Waals surface area contributed by atoms with Gasteiger partial charge in [0.25, 0.3) is 0 Å². The Morgan fingerprint density at radius 3 is 2.74 bits per heavy atom. The monoisotopic (exact) mass is 365 g/mol. The first kappa shape index (κ1) is 20.5. The van der Waals surface area contributed by atoms with Crippen LogP contribution in [0.1, 0.15) is 40.9 Å². The highest BCUT2D eigenvalue weighted by molar-refractivity contribution is 5.89. The summed E-state index contributed by atoms with van der Waals surface area (Å²) in [5, 5.41) is 9.51. The summed E-state index contributed by atoms with van der Waals surface area (Å²) in [7, 11) is 0. The van der Waals surface area contributed by atoms with Gasteiger partial charge in [-0.15, -0.1) is 0 Å². The van der Waals surface area contributed by atoms with Crippen LogP contribution in [0.2, 0.25) is 0 Å². The number of nitrogens with two attached hydrogens (primary N) is 1. The Bertz CT molecular complexity index is 812. The molecule has 27 heavy (non-hydrogen) atoms. The zero-order valence-corrected chi connectivity index (χ0v) is 14.8. The first-order chi connectivity index (χ1) is 12.7. The van der Waals surface area contributed by atoms with E-state index in [1.54, 1.807) is 12.1 Å². The van der Waals surface area contributed by atoms with Crippen LogP contribution in [0.25, 0.3) is 0 Å². The van der Waals surface area contributed by atoms with Gasteiger partial charge < -0.3 is 15.4 Å². The number of carbonyl (C=O) groups is 1. The summed E-state index contributed by atoms with van der Waals surface area (Å²) in [4.78, 5) is 14.2. The van der Waals surface area contributed by atoms with Gasteiger partial charge in [0.15, 0.2) is 0 Å². The van der Waals surface area contributed by atoms with Crippen LogP contribution < -0.4 is 10.6 Å². The average molecular weight is 365 g/mol. The lowest BCUT2D eigenvalue weighted by atomic mass is 10.0. The summed E-state index contributed by atoms with van der Waals surface area (Å²) in [6.07, 6.45) is 2.46. The molecule has 5 nitrogen and oxygen atoms in total. The van der Waals surface area contributed by atoms with Crippen molar-refractivity contribution in [2.75, 3.05) is 31.1 Å². The third-order valence-electron chi connectivity index (χ3n) is 4.58. The minimum atomic E-state index is -0.295. The molecule has 1 aliphatic heterocycles. The SMILES string of the molecule is C.N#Cc1cc(CCN)cc2c1N(CCCOC(=O)c1ccccc1)CC2. The molecule has 0 saturated heterocycles. The fourth-order valence-corrected chi connectivity index (χ4v) is 3.39. The van der Waals surface area contributed by atoms with Gasteiger partial charge in [-0.25, -0.2) is 4.79 Å². The summed E-state index contributed by atoms with van der Waals surface area (Å²) < 4.78 is 5.34. The summed E-state index contributed by atoms with van der Waals surface area (Å²) >= 11 is 0. The number of hydrogen-bond acceptors (Lipinski definition) is 5. The first-order valence-corrected chi connectivity index (χ1v) is 8.96. The molecule has 0 spiro atoms. The Hall–Kier alpha value is -2.84. The molecule has 0 aromatic heterocycles. The number of nitriles is 1. The number of benzene rings is 2. The molecule has 0 bridgehead atoms. The maximum Gasteiger partial charge on any atom is 0.338 e. The second-order valence-electron chi connectivity index (χ2n) is 6.39. The minimum Gasteiger partial charge on any atom is -0.462 e. The molecular weight excluding hydrogens is 338 g/mol. The van der Waals surface area contributed by atoms with E-state index in [0.717, 1.165) is 43.6 Å². The maximum absolute atomic E-state index is 11.9. The van der Waals surface area contributed by atoms with Crippen molar-refractivity contribution in [3.05, 3.63) is 64.7 Å². The molecule has 142 valence electrons. The summed E-state index contributed by atoms with van der Waals surface area (Å²) in [5.74, 6) is -0.295. The molecule has 0 amide bonds. The molecule has 0 aliphatic carbocycles. The fourth-order valence-electron chi connectivity index (χ4n) is 3.39. The van der Waals surface area contributed by atoms with Gasteiger partial charge in [-0.3, -0.25) is 0 Å². The highest BCUT2D eigenvalue weighted by Gasteiger charge is 2.23. The van der Waals surface area contributed by atoms with E-state index in [1.165, 1.54) is 5.56 Å². The van der Waals surface area contributed by atoms with Gasteiger partial charge in [0.2, 0.25) is 0 Å². The highest BCUT2D eigenvalue weighted by atomic mass is 16.5. The Kier molecular flexibility index (Phi) is 7.39. The van der Waals surface area contributed by atoms with Gasteiger partial charge in [0.1, 0.15) is 6.07 Å². The predicted molar refractivity (Wildman–Crippen MR) is 108 cm³/mol. The lowest BCUT2D eigenvalue weighted by molar-refractivity contribution is 0.0502. The van der Waals surface area contributed by atoms with Crippen molar-refractivity contribution in [2.24, 2.45) is 5.73 Å². The van der Waals surface area contributed by atoms with Crippen LogP contribution in [-0.2, 0) is 17.6 Å². The minimum absolute atomic E-state index is 0. The molecule has 1 heterocycles. The third-order valence-corrected chi connectivity index (χ3v) is 4.58. The van der Waals surface area contributed by atoms with Crippen LogP contribution in [0.5, 0.6) is 0 Å². The number of rotatable bonds is 7. The Morgan fingerprint density at radius 2 is 2.04 bits per heavy atom. The van der Waals surface area contributed by atoms with Crippen molar-refractivity contribution in [3.63, 3.8) is 0 Å². The fraction of sp³-hybridized carbons (Fsp3) is 0.364. The summed E-state index contributed by atoms with van der Waals surface area (Å²) in [5.41, 5.74) is 10.3. The van der Waals surface area contributed by atoms with E-state index in [9.17, 15) is 10.1 Å². The number of anilines is 1. The third kappa shape index (κ3) is 4.87. The Balaban J connectivity index is 0.00000261. The van der Waals surface area contributed by atoms with E-state index in [1.807, 2.05) is 24.3 Å². The van der Waals surface area contributed by atoms with E-state index in [2.05, 4.69) is 17.0 Å². The van der Waals surface area contributed by atoms with Crippen molar-refractivity contribution in [1.82, 2.24) is 0 Å². The number of hydrogen-bond donors (Lipinski definition) is 1. The predicted octanol–water partition coefficient (Wildman–Crippen LogP) is 3.31. The van der Waals surface area contributed by atoms with Crippen LogP contribution in [0.15, 0.2) is 42.5 Å². The van der Waals surface area contributed by atoms with Crippen molar-refractivity contribution in [1.29, 1.82) is 5.26 Å². The van der Waals surface area contributed by atoms with Crippen molar-refractivity contribution >= 4 is 11.7 Å². The summed E-state index contributed by atoms with van der Waals surface area (Å²) in [6.45, 7) is 2.61. The molecule has 0 unspecified atom stereocenters. The van der Waals surface area contributed by atoms with Crippen molar-refractivity contribution in [3.8, 4) is 6.07 Å². The number of ether oxygens (including phenoxy) is 1. The quantitative estimate of drug-likeness (QED) is 0.601. The Labute approximate surface area is 161 Å². The zero-order valence-electron chi connectivity index (χ0n) is 14.8. The molecular formula is C22H27N3O2. The molecule has 0 radical (unpaired) electrons. The second-order valence-corrected chi connectivity index (χ2v) is 6.39. The van der Waals surface area contributed by atoms with Crippen LogP contribution in [-0.4, -0.2) is 32.2 Å². The van der Waals surface area contributed by atoms with Crippen LogP contribution in [0.3, 0.4) is 0 Å². The Morgan fingerprint density at radius 1 is 1.26 bits per heavy atom. The molecule has 0 saturated carbocycles. The highest BCUT2D eigenvalue weighted by Crippen LogP contribution is 2.33. The standard InChI is InChI=1S/C21H23N3O2.CH4/c22-9-7-16-13-18-8-11-24(20(18)19(14-16)15-23)10-4-12-26-21(25)17-5-2-1-3-6-17;/h1-3,5-6,13-14H,4,7-12,22H2;1H4. The van der Waals surface area contributed by atoms with Gasteiger partial charge in [-0.05, 0) is 55.1 Å². The molecule has 1 aliphatic rings. The number of nitrogens with zero attached hydrogens (tertiary/aromatic N) is 2. The van der Waals surface area contributed by atoms with Crippen molar-refractivity contribution in [2.45, 2.75) is 26.7 Å². The zero-order chi connectivity index (χ0) is 18.4. The van der Waals surface area contributed by atoms with Gasteiger partial charge in [0.05, 0.1) is 23.4 Å². The molecule has 3 rings (SSSR count). The normalized spacial score (nSPS) is 12.1. The average Bonchev–Trinajstić information content (AvgIpc) is 3.08. The first-order valence-electron chi connectivity index (χ1n) is 8.96. The van der Waals surface area contributed by atoms with E-state index in [4.69, 9.17) is 10.5 Å². The molecule has 0 atom stereocenters.